The molecular formula is C17H18BrN3. The highest BCUT2D eigenvalue weighted by Gasteiger charge is 2.30. The second-order valence-electron chi connectivity index (χ2n) is 5.09. The second-order valence-corrected chi connectivity index (χ2v) is 5.94. The Morgan fingerprint density at radius 1 is 1.19 bits per heavy atom. The number of nitrogens with two attached hydrogens (primary N) is 1. The topological polar surface area (TPSA) is 41.6 Å². The third-order valence-corrected chi connectivity index (χ3v) is 4.56. The largest absolute Gasteiger partial charge is 0.369 e. The molecule has 0 aliphatic carbocycles. The molecule has 4 heteroatoms. The van der Waals surface area contributed by atoms with E-state index in [9.17, 15) is 0 Å². The maximum atomic E-state index is 6.15. The predicted octanol–water partition coefficient (Wildman–Crippen LogP) is 3.89. The van der Waals surface area contributed by atoms with Crippen molar-refractivity contribution in [3.05, 3.63) is 64.1 Å². The summed E-state index contributed by atoms with van der Waals surface area (Å²) in [5, 5.41) is 0. The van der Waals surface area contributed by atoms with Crippen LogP contribution in [0.1, 0.15) is 24.1 Å². The van der Waals surface area contributed by atoms with Crippen LogP contribution < -0.4 is 10.6 Å². The molecule has 0 spiro atoms. The standard InChI is InChI=1S/C17H18BrN3/c1-2-12-7-3-4-8-13(12)16-11-20-17(19)21(16)15-10-6-5-9-14(15)18/h3-10,16H,2,11H2,1H3,(H2,19,20). The number of hydrogen-bond donors (Lipinski definition) is 1. The summed E-state index contributed by atoms with van der Waals surface area (Å²) < 4.78 is 1.03. The van der Waals surface area contributed by atoms with Crippen LogP contribution in [0.2, 0.25) is 0 Å². The summed E-state index contributed by atoms with van der Waals surface area (Å²) >= 11 is 3.62. The van der Waals surface area contributed by atoms with Gasteiger partial charge in [-0.2, -0.15) is 0 Å². The van der Waals surface area contributed by atoms with Crippen molar-refractivity contribution in [3.8, 4) is 0 Å². The first kappa shape index (κ1) is 14.1. The van der Waals surface area contributed by atoms with Crippen LogP contribution in [0, 0.1) is 0 Å². The van der Waals surface area contributed by atoms with Crippen LogP contribution in [-0.2, 0) is 6.42 Å². The minimum Gasteiger partial charge on any atom is -0.369 e. The van der Waals surface area contributed by atoms with E-state index < -0.39 is 0 Å². The number of aliphatic imine (C=N–C) groups is 1. The lowest BCUT2D eigenvalue weighted by Gasteiger charge is -2.28. The summed E-state index contributed by atoms with van der Waals surface area (Å²) in [4.78, 5) is 6.59. The molecule has 0 saturated carbocycles. The molecule has 0 aromatic heterocycles. The van der Waals surface area contributed by atoms with Gasteiger partial charge >= 0.3 is 0 Å². The molecule has 2 aromatic rings. The van der Waals surface area contributed by atoms with Crippen molar-refractivity contribution >= 4 is 27.6 Å². The van der Waals surface area contributed by atoms with Gasteiger partial charge in [-0.3, -0.25) is 4.99 Å². The average Bonchev–Trinajstić information content (AvgIpc) is 2.89. The van der Waals surface area contributed by atoms with E-state index in [4.69, 9.17) is 5.73 Å². The number of rotatable bonds is 3. The molecule has 1 heterocycles. The lowest BCUT2D eigenvalue weighted by Crippen LogP contribution is -2.36. The zero-order chi connectivity index (χ0) is 14.8. The SMILES string of the molecule is CCc1ccccc1C1CN=C(N)N1c1ccccc1Br. The zero-order valence-electron chi connectivity index (χ0n) is 12.0. The molecule has 108 valence electrons. The molecule has 2 N–H and O–H groups in total. The second kappa shape index (κ2) is 5.90. The highest BCUT2D eigenvalue weighted by molar-refractivity contribution is 9.10. The Labute approximate surface area is 133 Å². The molecule has 1 aliphatic rings. The number of halogens is 1. The molecule has 3 nitrogen and oxygen atoms in total. The van der Waals surface area contributed by atoms with Crippen molar-refractivity contribution in [1.82, 2.24) is 0 Å². The van der Waals surface area contributed by atoms with E-state index in [0.29, 0.717) is 12.5 Å². The summed E-state index contributed by atoms with van der Waals surface area (Å²) in [5.74, 6) is 0.581. The van der Waals surface area contributed by atoms with Gasteiger partial charge in [0.1, 0.15) is 0 Å². The number of guanidine groups is 1. The van der Waals surface area contributed by atoms with E-state index in [1.54, 1.807) is 0 Å². The van der Waals surface area contributed by atoms with E-state index in [2.05, 4.69) is 63.1 Å². The van der Waals surface area contributed by atoms with Crippen LogP contribution in [0.4, 0.5) is 5.69 Å². The quantitative estimate of drug-likeness (QED) is 0.918. The summed E-state index contributed by atoms with van der Waals surface area (Å²) in [5.41, 5.74) is 9.87. The summed E-state index contributed by atoms with van der Waals surface area (Å²) in [6.45, 7) is 2.88. The van der Waals surface area contributed by atoms with Crippen LogP contribution in [0.5, 0.6) is 0 Å². The van der Waals surface area contributed by atoms with Gasteiger partial charge in [0.05, 0.1) is 18.3 Å². The molecule has 2 aromatic carbocycles. The van der Waals surface area contributed by atoms with Crippen LogP contribution >= 0.6 is 15.9 Å². The molecule has 0 radical (unpaired) electrons. The first-order valence-corrected chi connectivity index (χ1v) is 7.93. The number of hydrogen-bond acceptors (Lipinski definition) is 3. The molecule has 0 amide bonds. The van der Waals surface area contributed by atoms with Gasteiger partial charge in [0.2, 0.25) is 0 Å². The molecule has 21 heavy (non-hydrogen) atoms. The Morgan fingerprint density at radius 2 is 1.90 bits per heavy atom. The van der Waals surface area contributed by atoms with Crippen LogP contribution in [0.3, 0.4) is 0 Å². The van der Waals surface area contributed by atoms with Crippen molar-refractivity contribution < 1.29 is 0 Å². The Balaban J connectivity index is 2.06. The lowest BCUT2D eigenvalue weighted by atomic mass is 9.97. The fourth-order valence-corrected chi connectivity index (χ4v) is 3.33. The molecule has 1 unspecified atom stereocenters. The van der Waals surface area contributed by atoms with E-state index in [1.807, 2.05) is 18.2 Å². The lowest BCUT2D eigenvalue weighted by molar-refractivity contribution is 0.755. The highest BCUT2D eigenvalue weighted by atomic mass is 79.9. The number of nitrogens with zero attached hydrogens (tertiary/aromatic N) is 2. The van der Waals surface area contributed by atoms with Gasteiger partial charge in [-0.25, -0.2) is 0 Å². The first-order valence-electron chi connectivity index (χ1n) is 7.14. The molecule has 0 bridgehead atoms. The smallest absolute Gasteiger partial charge is 0.196 e. The molecule has 3 rings (SSSR count). The molecule has 1 atom stereocenters. The van der Waals surface area contributed by atoms with Gasteiger partial charge in [-0.15, -0.1) is 0 Å². The van der Waals surface area contributed by atoms with Gasteiger partial charge in [0.15, 0.2) is 5.96 Å². The van der Waals surface area contributed by atoms with E-state index in [0.717, 1.165) is 16.6 Å². The van der Waals surface area contributed by atoms with Crippen LogP contribution in [-0.4, -0.2) is 12.5 Å². The third kappa shape index (κ3) is 2.56. The maximum Gasteiger partial charge on any atom is 0.196 e. The molecular weight excluding hydrogens is 326 g/mol. The Bertz CT molecular complexity index is 681. The van der Waals surface area contributed by atoms with Crippen molar-refractivity contribution in [3.63, 3.8) is 0 Å². The van der Waals surface area contributed by atoms with E-state index in [-0.39, 0.29) is 6.04 Å². The van der Waals surface area contributed by atoms with Crippen molar-refractivity contribution in [1.29, 1.82) is 0 Å². The maximum absolute atomic E-state index is 6.15. The van der Waals surface area contributed by atoms with Crippen molar-refractivity contribution in [2.24, 2.45) is 10.7 Å². The highest BCUT2D eigenvalue weighted by Crippen LogP contribution is 2.36. The minimum absolute atomic E-state index is 0.167. The normalized spacial score (nSPS) is 17.9. The minimum atomic E-state index is 0.167. The van der Waals surface area contributed by atoms with Gasteiger partial charge in [-0.1, -0.05) is 43.3 Å². The number of para-hydroxylation sites is 1. The molecule has 0 fully saturated rings. The summed E-state index contributed by atoms with van der Waals surface area (Å²) in [6.07, 6.45) is 1.01. The van der Waals surface area contributed by atoms with Gasteiger partial charge in [0.25, 0.3) is 0 Å². The van der Waals surface area contributed by atoms with E-state index in [1.165, 1.54) is 11.1 Å². The van der Waals surface area contributed by atoms with Gasteiger partial charge < -0.3 is 10.6 Å². The number of aryl methyl sites for hydroxylation is 1. The van der Waals surface area contributed by atoms with Gasteiger partial charge in [0, 0.05) is 4.47 Å². The summed E-state index contributed by atoms with van der Waals surface area (Å²) in [7, 11) is 0. The Kier molecular flexibility index (Phi) is 3.97. The average molecular weight is 344 g/mol. The van der Waals surface area contributed by atoms with Crippen LogP contribution in [0.15, 0.2) is 58.0 Å². The third-order valence-electron chi connectivity index (χ3n) is 3.89. The van der Waals surface area contributed by atoms with Crippen molar-refractivity contribution in [2.45, 2.75) is 19.4 Å². The zero-order valence-corrected chi connectivity index (χ0v) is 13.5. The van der Waals surface area contributed by atoms with Crippen LogP contribution in [0.25, 0.3) is 0 Å². The van der Waals surface area contributed by atoms with E-state index >= 15 is 0 Å². The fourth-order valence-electron chi connectivity index (χ4n) is 2.85. The Morgan fingerprint density at radius 3 is 2.67 bits per heavy atom. The monoisotopic (exact) mass is 343 g/mol. The number of anilines is 1. The van der Waals surface area contributed by atoms with Crippen molar-refractivity contribution in [2.75, 3.05) is 11.4 Å². The molecule has 1 aliphatic heterocycles. The first-order chi connectivity index (χ1) is 10.2. The van der Waals surface area contributed by atoms with Gasteiger partial charge in [-0.05, 0) is 45.6 Å². The molecule has 0 saturated heterocycles. The summed E-state index contributed by atoms with van der Waals surface area (Å²) in [6, 6.07) is 16.8. The Hall–Kier alpha value is -1.81. The fraction of sp³-hybridized carbons (Fsp3) is 0.235. The number of benzene rings is 2. The predicted molar refractivity (Wildman–Crippen MR) is 91.7 cm³/mol.